The molecule has 2 aliphatic heterocycles. The molecule has 3 aromatic rings. The Balaban J connectivity index is 1.47. The second-order valence-corrected chi connectivity index (χ2v) is 13.5. The average molecular weight is 721 g/mol. The van der Waals surface area contributed by atoms with Crippen LogP contribution in [0.5, 0.6) is 17.2 Å². The van der Waals surface area contributed by atoms with Gasteiger partial charge in [0.05, 0.1) is 55.2 Å². The van der Waals surface area contributed by atoms with E-state index in [2.05, 4.69) is 5.43 Å². The van der Waals surface area contributed by atoms with Gasteiger partial charge in [-0.1, -0.05) is 53.1 Å². The molecular formula is C36H31Cl2N3O9. The third kappa shape index (κ3) is 4.76. The van der Waals surface area contributed by atoms with Gasteiger partial charge in [-0.3, -0.25) is 24.6 Å². The van der Waals surface area contributed by atoms with Crippen LogP contribution in [0.15, 0.2) is 72.3 Å². The van der Waals surface area contributed by atoms with Crippen LogP contribution >= 0.6 is 23.2 Å². The number of anilines is 1. The predicted octanol–water partition coefficient (Wildman–Crippen LogP) is 5.47. The van der Waals surface area contributed by atoms with Crippen molar-refractivity contribution < 1.29 is 43.3 Å². The molecule has 14 heteroatoms. The Kier molecular flexibility index (Phi) is 8.26. The molecule has 4 aliphatic rings. The van der Waals surface area contributed by atoms with Gasteiger partial charge >= 0.3 is 6.09 Å². The molecule has 5 amide bonds. The van der Waals surface area contributed by atoms with Crippen molar-refractivity contribution in [2.24, 2.45) is 23.7 Å². The minimum Gasteiger partial charge on any atom is -0.508 e. The number of amides is 5. The number of carbonyl (C=O) groups is 5. The summed E-state index contributed by atoms with van der Waals surface area (Å²) in [7, 11) is 4.04. The minimum atomic E-state index is -1.68. The molecule has 50 heavy (non-hydrogen) atoms. The quantitative estimate of drug-likeness (QED) is 0.248. The summed E-state index contributed by atoms with van der Waals surface area (Å²) in [6, 6.07) is 16.0. The summed E-state index contributed by atoms with van der Waals surface area (Å²) in [6.45, 7) is 0. The maximum Gasteiger partial charge on any atom is 0.423 e. The number of phenols is 1. The first-order valence-electron chi connectivity index (χ1n) is 15.7. The number of allylic oxidation sites excluding steroid dienone is 2. The van der Waals surface area contributed by atoms with Gasteiger partial charge in [-0.15, -0.1) is 0 Å². The van der Waals surface area contributed by atoms with Gasteiger partial charge in [0.15, 0.2) is 0 Å². The lowest BCUT2D eigenvalue weighted by molar-refractivity contribution is -0.140. The standard InChI is InChI=1S/C36H31Cl2N3O9/c1-48-19-7-4-17(5-8-19)36-25(32(44)41(34(36)46)39-27-13-6-18(37)14-26(27)38)16-24-21(30(36)22-10-9-20(49-2)15-28(22)42)11-12-23-29(24)33(45)40(31(23)43)35(47)50-3/h4-11,13-15,23-25,29-30,39,42H,12,16H2,1-3H3. The Bertz CT molecular complexity index is 2000. The Hall–Kier alpha value is -5.07. The van der Waals surface area contributed by atoms with E-state index in [0.717, 1.165) is 12.1 Å². The second kappa shape index (κ2) is 12.4. The molecule has 2 N–H and O–H groups in total. The maximum atomic E-state index is 15.2. The molecule has 2 aliphatic carbocycles. The number of likely N-dealkylation sites (tertiary alicyclic amines) is 1. The largest absolute Gasteiger partial charge is 0.508 e. The number of methoxy groups -OCH3 is 3. The number of imide groups is 4. The number of rotatable bonds is 6. The molecule has 6 unspecified atom stereocenters. The molecule has 1 saturated carbocycles. The lowest BCUT2D eigenvalue weighted by Crippen LogP contribution is -2.53. The molecule has 12 nitrogen and oxygen atoms in total. The molecule has 0 aromatic heterocycles. The van der Waals surface area contributed by atoms with Crippen molar-refractivity contribution in [3.63, 3.8) is 0 Å². The molecular weight excluding hydrogens is 689 g/mol. The van der Waals surface area contributed by atoms with Crippen LogP contribution in [0.3, 0.4) is 0 Å². The van der Waals surface area contributed by atoms with Crippen LogP contribution in [0.1, 0.15) is 29.9 Å². The third-order valence-corrected chi connectivity index (χ3v) is 11.0. The zero-order valence-electron chi connectivity index (χ0n) is 27.0. The summed E-state index contributed by atoms with van der Waals surface area (Å²) in [5.74, 6) is -6.83. The molecule has 2 saturated heterocycles. The van der Waals surface area contributed by atoms with E-state index in [1.165, 1.54) is 32.4 Å². The van der Waals surface area contributed by atoms with E-state index in [9.17, 15) is 24.3 Å². The second-order valence-electron chi connectivity index (χ2n) is 12.6. The number of nitrogens with zero attached hydrogens (tertiary/aromatic N) is 2. The van der Waals surface area contributed by atoms with Crippen LogP contribution in [-0.4, -0.2) is 66.1 Å². The van der Waals surface area contributed by atoms with E-state index < -0.39 is 64.7 Å². The molecule has 0 bridgehead atoms. The average Bonchev–Trinajstić information content (AvgIpc) is 3.49. The summed E-state index contributed by atoms with van der Waals surface area (Å²) in [4.78, 5) is 70.5. The molecule has 258 valence electrons. The van der Waals surface area contributed by atoms with Gasteiger partial charge in [0.2, 0.25) is 11.8 Å². The van der Waals surface area contributed by atoms with Crippen molar-refractivity contribution in [1.29, 1.82) is 0 Å². The fourth-order valence-corrected chi connectivity index (χ4v) is 8.80. The Labute approximate surface area is 296 Å². The smallest absolute Gasteiger partial charge is 0.423 e. The highest BCUT2D eigenvalue weighted by molar-refractivity contribution is 6.36. The van der Waals surface area contributed by atoms with Crippen molar-refractivity contribution in [3.8, 4) is 17.2 Å². The number of nitrogens with one attached hydrogen (secondary N) is 1. The van der Waals surface area contributed by atoms with Crippen molar-refractivity contribution in [2.75, 3.05) is 26.8 Å². The van der Waals surface area contributed by atoms with Crippen LogP contribution < -0.4 is 14.9 Å². The van der Waals surface area contributed by atoms with Crippen LogP contribution in [0.2, 0.25) is 10.0 Å². The number of phenolic OH excluding ortho intramolecular Hbond substituents is 1. The van der Waals surface area contributed by atoms with Crippen LogP contribution in [0.4, 0.5) is 10.5 Å². The van der Waals surface area contributed by atoms with Crippen molar-refractivity contribution in [3.05, 3.63) is 93.5 Å². The summed E-state index contributed by atoms with van der Waals surface area (Å²) in [5.41, 5.74) is 2.82. The lowest BCUT2D eigenvalue weighted by Gasteiger charge is -2.50. The fraction of sp³-hybridized carbons (Fsp3) is 0.306. The van der Waals surface area contributed by atoms with E-state index in [4.69, 9.17) is 37.4 Å². The number of carbonyl (C=O) groups excluding carboxylic acids is 5. The molecule has 7 rings (SSSR count). The molecule has 0 radical (unpaired) electrons. The van der Waals surface area contributed by atoms with E-state index in [0.29, 0.717) is 38.1 Å². The Morgan fingerprint density at radius 3 is 2.22 bits per heavy atom. The highest BCUT2D eigenvalue weighted by Crippen LogP contribution is 2.65. The first-order valence-corrected chi connectivity index (χ1v) is 16.5. The zero-order chi connectivity index (χ0) is 35.6. The molecule has 2 heterocycles. The highest BCUT2D eigenvalue weighted by atomic mass is 35.5. The number of hydrazine groups is 1. The van der Waals surface area contributed by atoms with Crippen LogP contribution in [0.25, 0.3) is 0 Å². The number of ether oxygens (including phenoxy) is 3. The number of aromatic hydroxyl groups is 1. The predicted molar refractivity (Wildman–Crippen MR) is 180 cm³/mol. The van der Waals surface area contributed by atoms with Gasteiger partial charge in [0.1, 0.15) is 17.2 Å². The third-order valence-electron chi connectivity index (χ3n) is 10.5. The molecule has 3 fully saturated rings. The number of fused-ring (bicyclic) bond motifs is 4. The Morgan fingerprint density at radius 1 is 0.880 bits per heavy atom. The Morgan fingerprint density at radius 2 is 1.58 bits per heavy atom. The van der Waals surface area contributed by atoms with E-state index in [1.54, 1.807) is 48.5 Å². The summed E-state index contributed by atoms with van der Waals surface area (Å²) >= 11 is 12.6. The van der Waals surface area contributed by atoms with Gasteiger partial charge in [-0.05, 0) is 60.7 Å². The van der Waals surface area contributed by atoms with Gasteiger partial charge in [-0.25, -0.2) is 4.79 Å². The van der Waals surface area contributed by atoms with Crippen LogP contribution in [0, 0.1) is 23.7 Å². The van der Waals surface area contributed by atoms with Crippen molar-refractivity contribution in [2.45, 2.75) is 24.2 Å². The summed E-state index contributed by atoms with van der Waals surface area (Å²) < 4.78 is 15.5. The van der Waals surface area contributed by atoms with E-state index in [1.807, 2.05) is 0 Å². The topological polar surface area (TPSA) is 152 Å². The van der Waals surface area contributed by atoms with E-state index >= 15 is 4.79 Å². The number of hydrogen-bond donors (Lipinski definition) is 2. The number of hydrogen-bond acceptors (Lipinski definition) is 10. The number of benzene rings is 3. The molecule has 3 aromatic carbocycles. The molecule has 0 spiro atoms. The SMILES string of the molecule is COC(=O)N1C(=O)C2CC=C3C(CC4C(=O)N(Nc5ccc(Cl)cc5Cl)C(=O)C4(c4ccc(OC)cc4)C3c3ccc(OC)cc3O)C2C1=O. The van der Waals surface area contributed by atoms with Gasteiger partial charge < -0.3 is 19.3 Å². The molecule has 6 atom stereocenters. The maximum absolute atomic E-state index is 15.2. The minimum absolute atomic E-state index is 0.0302. The lowest BCUT2D eigenvalue weighted by atomic mass is 9.49. The monoisotopic (exact) mass is 719 g/mol. The van der Waals surface area contributed by atoms with Crippen molar-refractivity contribution >= 4 is 58.6 Å². The summed E-state index contributed by atoms with van der Waals surface area (Å²) in [5, 5.41) is 13.0. The fourth-order valence-electron chi connectivity index (χ4n) is 8.35. The first-order chi connectivity index (χ1) is 24.0. The highest BCUT2D eigenvalue weighted by Gasteiger charge is 2.71. The van der Waals surface area contributed by atoms with Gasteiger partial charge in [0.25, 0.3) is 11.8 Å². The van der Waals surface area contributed by atoms with Crippen molar-refractivity contribution in [1.82, 2.24) is 9.91 Å². The van der Waals surface area contributed by atoms with Crippen LogP contribution in [-0.2, 0) is 29.3 Å². The van der Waals surface area contributed by atoms with Gasteiger partial charge in [-0.2, -0.15) is 9.91 Å². The van der Waals surface area contributed by atoms with E-state index in [-0.39, 0.29) is 29.3 Å². The first kappa shape index (κ1) is 33.4. The zero-order valence-corrected chi connectivity index (χ0v) is 28.5. The summed E-state index contributed by atoms with van der Waals surface area (Å²) in [6.07, 6.45) is 0.760. The number of halogens is 2. The normalized spacial score (nSPS) is 27.0. The van der Waals surface area contributed by atoms with Gasteiger partial charge in [0, 0.05) is 22.6 Å².